The Morgan fingerprint density at radius 2 is 1.86 bits per heavy atom. The molecule has 22 heavy (non-hydrogen) atoms. The molecule has 4 fully saturated rings. The van der Waals surface area contributed by atoms with Gasteiger partial charge in [0.1, 0.15) is 0 Å². The average molecular weight is 304 g/mol. The van der Waals surface area contributed by atoms with Gasteiger partial charge in [-0.1, -0.05) is 13.3 Å². The summed E-state index contributed by atoms with van der Waals surface area (Å²) in [7, 11) is 0. The van der Waals surface area contributed by atoms with Gasteiger partial charge in [-0.2, -0.15) is 0 Å². The molecule has 0 aromatic carbocycles. The van der Waals surface area contributed by atoms with Crippen molar-refractivity contribution < 1.29 is 4.79 Å². The molecule has 0 spiro atoms. The lowest BCUT2D eigenvalue weighted by molar-refractivity contribution is -0.123. The summed E-state index contributed by atoms with van der Waals surface area (Å²) in [6, 6.07) is 0.511. The second kappa shape index (κ2) is 6.14. The summed E-state index contributed by atoms with van der Waals surface area (Å²) in [5.74, 6) is 5.34. The van der Waals surface area contributed by atoms with Crippen LogP contribution in [0.2, 0.25) is 0 Å². The van der Waals surface area contributed by atoms with Crippen LogP contribution >= 0.6 is 0 Å². The van der Waals surface area contributed by atoms with Crippen molar-refractivity contribution in [2.75, 3.05) is 13.1 Å². The Hall–Kier alpha value is -0.570. The van der Waals surface area contributed by atoms with Gasteiger partial charge in [0.2, 0.25) is 5.91 Å². The van der Waals surface area contributed by atoms with E-state index in [4.69, 9.17) is 0 Å². The molecule has 3 aliphatic carbocycles. The van der Waals surface area contributed by atoms with Gasteiger partial charge >= 0.3 is 0 Å². The van der Waals surface area contributed by atoms with E-state index in [1.165, 1.54) is 44.9 Å². The van der Waals surface area contributed by atoms with E-state index in [0.717, 1.165) is 49.1 Å². The number of hydrogen-bond donors (Lipinski definition) is 2. The number of nitrogens with one attached hydrogen (secondary N) is 2. The van der Waals surface area contributed by atoms with Crippen molar-refractivity contribution in [1.82, 2.24) is 10.6 Å². The highest BCUT2D eigenvalue weighted by Gasteiger charge is 2.54. The predicted octanol–water partition coefficient (Wildman–Crippen LogP) is 2.95. The van der Waals surface area contributed by atoms with Crippen molar-refractivity contribution in [3.05, 3.63) is 0 Å². The lowest BCUT2D eigenvalue weighted by Crippen LogP contribution is -2.43. The molecule has 1 saturated heterocycles. The van der Waals surface area contributed by atoms with Crippen LogP contribution in [0.15, 0.2) is 0 Å². The van der Waals surface area contributed by atoms with E-state index in [0.29, 0.717) is 17.9 Å². The topological polar surface area (TPSA) is 41.1 Å². The SMILES string of the molecule is CC(CC(=O)NC1CC2CC1C1CCCC21)C1CCNCC1. The molecule has 4 aliphatic rings. The summed E-state index contributed by atoms with van der Waals surface area (Å²) in [6.07, 6.45) is 10.3. The standard InChI is InChI=1S/C19H32N2O/c1-12(13-5-7-20-8-6-13)9-19(22)21-18-11-14-10-17(18)16-4-2-3-15(14)16/h12-18,20H,2-11H2,1H3,(H,21,22). The number of piperidine rings is 1. The maximum Gasteiger partial charge on any atom is 0.220 e. The Morgan fingerprint density at radius 1 is 1.09 bits per heavy atom. The van der Waals surface area contributed by atoms with Crippen molar-refractivity contribution in [1.29, 1.82) is 0 Å². The van der Waals surface area contributed by atoms with Gasteiger partial charge in [-0.05, 0) is 87.1 Å². The molecule has 0 radical (unpaired) electrons. The largest absolute Gasteiger partial charge is 0.353 e. The van der Waals surface area contributed by atoms with E-state index >= 15 is 0 Å². The second-order valence-corrected chi connectivity index (χ2v) is 8.60. The summed E-state index contributed by atoms with van der Waals surface area (Å²) < 4.78 is 0. The molecule has 0 aromatic heterocycles. The number of carbonyl (C=O) groups excluding carboxylic acids is 1. The van der Waals surface area contributed by atoms with Crippen LogP contribution in [0.5, 0.6) is 0 Å². The minimum Gasteiger partial charge on any atom is -0.353 e. The van der Waals surface area contributed by atoms with Crippen molar-refractivity contribution in [3.63, 3.8) is 0 Å². The molecule has 1 amide bonds. The molecule has 3 heteroatoms. The van der Waals surface area contributed by atoms with Gasteiger partial charge in [-0.15, -0.1) is 0 Å². The monoisotopic (exact) mass is 304 g/mol. The lowest BCUT2D eigenvalue weighted by Gasteiger charge is -2.33. The summed E-state index contributed by atoms with van der Waals surface area (Å²) in [5, 5.41) is 6.86. The highest BCUT2D eigenvalue weighted by atomic mass is 16.1. The molecule has 3 saturated carbocycles. The Kier molecular flexibility index (Phi) is 4.19. The van der Waals surface area contributed by atoms with Crippen molar-refractivity contribution >= 4 is 5.91 Å². The fourth-order valence-electron chi connectivity index (χ4n) is 6.37. The van der Waals surface area contributed by atoms with Crippen LogP contribution in [0.1, 0.15) is 58.3 Å². The Balaban J connectivity index is 1.28. The molecule has 3 nitrogen and oxygen atoms in total. The van der Waals surface area contributed by atoms with E-state index in [1.54, 1.807) is 0 Å². The highest BCUT2D eigenvalue weighted by molar-refractivity contribution is 5.76. The normalized spacial score (nSPS) is 42.3. The summed E-state index contributed by atoms with van der Waals surface area (Å²) in [5.41, 5.74) is 0. The second-order valence-electron chi connectivity index (χ2n) is 8.60. The maximum absolute atomic E-state index is 12.5. The Morgan fingerprint density at radius 3 is 2.68 bits per heavy atom. The molecule has 1 heterocycles. The van der Waals surface area contributed by atoms with Gasteiger partial charge in [0.25, 0.3) is 0 Å². The fraction of sp³-hybridized carbons (Fsp3) is 0.947. The van der Waals surface area contributed by atoms with Crippen molar-refractivity contribution in [2.24, 2.45) is 35.5 Å². The zero-order chi connectivity index (χ0) is 15.1. The number of carbonyl (C=O) groups is 1. The van der Waals surface area contributed by atoms with Crippen LogP contribution < -0.4 is 10.6 Å². The van der Waals surface area contributed by atoms with Crippen LogP contribution in [0, 0.1) is 35.5 Å². The third kappa shape index (κ3) is 2.70. The quantitative estimate of drug-likeness (QED) is 0.838. The number of rotatable bonds is 4. The van der Waals surface area contributed by atoms with Gasteiger partial charge in [0, 0.05) is 12.5 Å². The molecule has 6 unspecified atom stereocenters. The smallest absolute Gasteiger partial charge is 0.220 e. The van der Waals surface area contributed by atoms with E-state index in [1.807, 2.05) is 0 Å². The first-order chi connectivity index (χ1) is 10.7. The van der Waals surface area contributed by atoms with Crippen LogP contribution in [0.3, 0.4) is 0 Å². The fourth-order valence-corrected chi connectivity index (χ4v) is 6.37. The molecule has 2 N–H and O–H groups in total. The summed E-state index contributed by atoms with van der Waals surface area (Å²) in [4.78, 5) is 12.5. The zero-order valence-electron chi connectivity index (χ0n) is 14.0. The number of hydrogen-bond acceptors (Lipinski definition) is 2. The van der Waals surface area contributed by atoms with Gasteiger partial charge < -0.3 is 10.6 Å². The zero-order valence-corrected chi connectivity index (χ0v) is 14.0. The predicted molar refractivity (Wildman–Crippen MR) is 88.4 cm³/mol. The summed E-state index contributed by atoms with van der Waals surface area (Å²) >= 11 is 0. The summed E-state index contributed by atoms with van der Waals surface area (Å²) in [6.45, 7) is 4.54. The lowest BCUT2D eigenvalue weighted by atomic mass is 9.79. The van der Waals surface area contributed by atoms with Gasteiger partial charge in [0.05, 0.1) is 0 Å². The highest BCUT2D eigenvalue weighted by Crippen LogP contribution is 2.58. The molecular formula is C19H32N2O. The first kappa shape index (κ1) is 15.0. The Labute approximate surface area is 135 Å². The van der Waals surface area contributed by atoms with E-state index < -0.39 is 0 Å². The first-order valence-corrected chi connectivity index (χ1v) is 9.72. The Bertz CT molecular complexity index is 418. The third-order valence-corrected chi connectivity index (χ3v) is 7.47. The van der Waals surface area contributed by atoms with Crippen LogP contribution in [0.25, 0.3) is 0 Å². The molecule has 124 valence electrons. The van der Waals surface area contributed by atoms with E-state index in [2.05, 4.69) is 17.6 Å². The third-order valence-electron chi connectivity index (χ3n) is 7.47. The maximum atomic E-state index is 12.5. The van der Waals surface area contributed by atoms with Crippen molar-refractivity contribution in [2.45, 2.75) is 64.3 Å². The van der Waals surface area contributed by atoms with Crippen LogP contribution in [-0.4, -0.2) is 25.0 Å². The molecule has 4 rings (SSSR count). The van der Waals surface area contributed by atoms with Gasteiger partial charge in [0.15, 0.2) is 0 Å². The minimum absolute atomic E-state index is 0.332. The molecular weight excluding hydrogens is 272 g/mol. The van der Waals surface area contributed by atoms with E-state index in [-0.39, 0.29) is 0 Å². The molecule has 6 atom stereocenters. The van der Waals surface area contributed by atoms with Gasteiger partial charge in [-0.3, -0.25) is 4.79 Å². The average Bonchev–Trinajstić information content (AvgIpc) is 3.20. The van der Waals surface area contributed by atoms with Gasteiger partial charge in [-0.25, -0.2) is 0 Å². The van der Waals surface area contributed by atoms with E-state index in [9.17, 15) is 4.79 Å². The van der Waals surface area contributed by atoms with Crippen molar-refractivity contribution in [3.8, 4) is 0 Å². The minimum atomic E-state index is 0.332. The van der Waals surface area contributed by atoms with Crippen LogP contribution in [0.4, 0.5) is 0 Å². The van der Waals surface area contributed by atoms with Crippen LogP contribution in [-0.2, 0) is 4.79 Å². The number of amides is 1. The molecule has 1 aliphatic heterocycles. The first-order valence-electron chi connectivity index (χ1n) is 9.72. The molecule has 0 aromatic rings. The number of fused-ring (bicyclic) bond motifs is 5. The molecule has 2 bridgehead atoms.